The highest BCUT2D eigenvalue weighted by atomic mass is 79.9. The molecule has 0 aliphatic heterocycles. The van der Waals surface area contributed by atoms with Gasteiger partial charge in [0.2, 0.25) is 2.02 Å². The average Bonchev–Trinajstić information content (AvgIpc) is 2.26. The minimum Gasteiger partial charge on any atom is -0.322 e. The van der Waals surface area contributed by atoms with E-state index in [4.69, 9.17) is 27.9 Å². The van der Waals surface area contributed by atoms with Gasteiger partial charge in [0, 0.05) is 0 Å². The van der Waals surface area contributed by atoms with Crippen molar-refractivity contribution in [3.63, 3.8) is 0 Å². The first-order valence-corrected chi connectivity index (χ1v) is 7.75. The van der Waals surface area contributed by atoms with Crippen molar-refractivity contribution in [3.05, 3.63) is 18.2 Å². The molecule has 0 saturated heterocycles. The molecular weight excluding hydrogens is 417 g/mol. The highest BCUT2D eigenvalue weighted by Gasteiger charge is 2.38. The molecule has 104 valence electrons. The van der Waals surface area contributed by atoms with Crippen molar-refractivity contribution < 1.29 is 19.5 Å². The molecule has 1 aromatic rings. The van der Waals surface area contributed by atoms with Gasteiger partial charge < -0.3 is 5.43 Å². The van der Waals surface area contributed by atoms with E-state index >= 15 is 0 Å². The van der Waals surface area contributed by atoms with Crippen LogP contribution < -0.4 is 16.5 Å². The summed E-state index contributed by atoms with van der Waals surface area (Å²) in [5, 5.41) is 17.8. The van der Waals surface area contributed by atoms with E-state index in [0.29, 0.717) is 0 Å². The number of halogens is 3. The number of nitrogens with two attached hydrogens (primary N) is 1. The number of anilines is 2. The van der Waals surface area contributed by atoms with E-state index in [9.17, 15) is 9.11 Å². The average molecular weight is 428 g/mol. The monoisotopic (exact) mass is 425 g/mol. The molecule has 0 atom stereocenters. The van der Waals surface area contributed by atoms with Gasteiger partial charge in [-0.15, -0.1) is 15.8 Å². The summed E-state index contributed by atoms with van der Waals surface area (Å²) in [6.45, 7) is 0. The van der Waals surface area contributed by atoms with Crippen LogP contribution in [0.25, 0.3) is 0 Å². The number of hydrogen-bond donors (Lipinski definition) is 6. The SMILES string of the molecule is NNc1ccc(S(O)(O)C(Cl)(Br)Br)cc1N(O)O. The van der Waals surface area contributed by atoms with Crippen LogP contribution in [-0.4, -0.2) is 21.5 Å². The molecule has 0 radical (unpaired) electrons. The first-order chi connectivity index (χ1) is 8.11. The third kappa shape index (κ3) is 3.21. The van der Waals surface area contributed by atoms with Gasteiger partial charge in [-0.1, -0.05) is 11.6 Å². The van der Waals surface area contributed by atoms with Gasteiger partial charge in [-0.25, -0.2) is 0 Å². The van der Waals surface area contributed by atoms with E-state index in [1.807, 2.05) is 0 Å². The fourth-order valence-electron chi connectivity index (χ4n) is 1.11. The molecule has 0 fully saturated rings. The number of rotatable bonds is 4. The van der Waals surface area contributed by atoms with E-state index in [0.717, 1.165) is 6.07 Å². The van der Waals surface area contributed by atoms with Crippen molar-refractivity contribution in [3.8, 4) is 0 Å². The minimum absolute atomic E-state index is 0.0200. The smallest absolute Gasteiger partial charge is 0.245 e. The molecular formula is C7H10Br2ClN3O4S. The highest BCUT2D eigenvalue weighted by Crippen LogP contribution is 2.67. The van der Waals surface area contributed by atoms with Gasteiger partial charge in [0.05, 0.1) is 10.6 Å². The van der Waals surface area contributed by atoms with Crippen molar-refractivity contribution in [2.45, 2.75) is 6.92 Å². The maximum atomic E-state index is 9.97. The summed E-state index contributed by atoms with van der Waals surface area (Å²) in [6.07, 6.45) is 0. The summed E-state index contributed by atoms with van der Waals surface area (Å²) in [5.74, 6) is 5.17. The molecule has 11 heteroatoms. The van der Waals surface area contributed by atoms with Crippen molar-refractivity contribution in [1.82, 2.24) is 0 Å². The van der Waals surface area contributed by atoms with Gasteiger partial charge in [-0.2, -0.15) is 0 Å². The summed E-state index contributed by atoms with van der Waals surface area (Å²) in [6, 6.07) is 3.78. The summed E-state index contributed by atoms with van der Waals surface area (Å²) in [4.78, 5) is -0.0200. The predicted octanol–water partition coefficient (Wildman–Crippen LogP) is 3.31. The van der Waals surface area contributed by atoms with Gasteiger partial charge >= 0.3 is 0 Å². The molecule has 0 bridgehead atoms. The molecule has 0 spiro atoms. The molecule has 0 unspecified atom stereocenters. The summed E-state index contributed by atoms with van der Waals surface area (Å²) in [7, 11) is -3.48. The lowest BCUT2D eigenvalue weighted by Gasteiger charge is -2.39. The Morgan fingerprint density at radius 3 is 2.28 bits per heavy atom. The van der Waals surface area contributed by atoms with Crippen LogP contribution in [0.3, 0.4) is 0 Å². The Balaban J connectivity index is 3.33. The number of nitrogens with one attached hydrogen (secondary N) is 1. The summed E-state index contributed by atoms with van der Waals surface area (Å²) < 4.78 is 18.3. The lowest BCUT2D eigenvalue weighted by atomic mass is 10.3. The largest absolute Gasteiger partial charge is 0.322 e. The van der Waals surface area contributed by atoms with E-state index in [1.165, 1.54) is 12.1 Å². The molecule has 0 aliphatic carbocycles. The number of nitrogen functional groups attached to an aromatic ring is 1. The third-order valence-electron chi connectivity index (χ3n) is 1.99. The van der Waals surface area contributed by atoms with Gasteiger partial charge in [0.25, 0.3) is 0 Å². The maximum Gasteiger partial charge on any atom is 0.245 e. The molecule has 0 aliphatic rings. The number of alkyl halides is 3. The molecule has 7 N–H and O–H groups in total. The number of nitrogens with zero attached hydrogens (tertiary/aromatic N) is 1. The lowest BCUT2D eigenvalue weighted by molar-refractivity contribution is 0.0294. The van der Waals surface area contributed by atoms with E-state index in [-0.39, 0.29) is 21.5 Å². The second kappa shape index (κ2) is 5.69. The maximum absolute atomic E-state index is 9.97. The zero-order valence-corrected chi connectivity index (χ0v) is 13.3. The van der Waals surface area contributed by atoms with Crippen LogP contribution in [0.15, 0.2) is 23.1 Å². The fourth-order valence-corrected chi connectivity index (χ4v) is 3.30. The second-order valence-corrected chi connectivity index (χ2v) is 11.5. The molecule has 7 nitrogen and oxygen atoms in total. The Bertz CT molecular complexity index is 443. The van der Waals surface area contributed by atoms with Crippen LogP contribution in [-0.2, 0) is 0 Å². The lowest BCUT2D eigenvalue weighted by Crippen LogP contribution is -2.19. The number of hydrogen-bond acceptors (Lipinski definition) is 7. The van der Waals surface area contributed by atoms with Crippen LogP contribution in [0.1, 0.15) is 0 Å². The van der Waals surface area contributed by atoms with Crippen LogP contribution >= 0.6 is 54.1 Å². The normalized spacial score (nSPS) is 13.3. The Morgan fingerprint density at radius 1 is 1.33 bits per heavy atom. The number of hydrazine groups is 1. The zero-order chi connectivity index (χ0) is 14.1. The first kappa shape index (κ1) is 16.3. The summed E-state index contributed by atoms with van der Waals surface area (Å²) >= 11 is 11.5. The van der Waals surface area contributed by atoms with Gasteiger partial charge in [-0.05, 0) is 50.1 Å². The number of benzene rings is 1. The Hall–Kier alpha value is 0.220. The van der Waals surface area contributed by atoms with Crippen molar-refractivity contribution in [2.24, 2.45) is 5.84 Å². The standard InChI is InChI=1S/C7H10Br2ClN3O4S/c8-7(9,10)18(16,17)4-1-2-5(12-11)6(3-4)13(14)15/h1-3,12,14-17H,11H2. The molecule has 0 saturated carbocycles. The van der Waals surface area contributed by atoms with Crippen molar-refractivity contribution in [1.29, 1.82) is 0 Å². The van der Waals surface area contributed by atoms with Crippen LogP contribution in [0, 0.1) is 0 Å². The molecule has 18 heavy (non-hydrogen) atoms. The molecule has 0 amide bonds. The topological polar surface area (TPSA) is 122 Å². The zero-order valence-electron chi connectivity index (χ0n) is 8.59. The predicted molar refractivity (Wildman–Crippen MR) is 77.9 cm³/mol. The first-order valence-electron chi connectivity index (χ1n) is 4.24. The molecule has 1 aromatic carbocycles. The quantitative estimate of drug-likeness (QED) is 0.248. The van der Waals surface area contributed by atoms with Gasteiger partial charge in [0.1, 0.15) is 5.69 Å². The van der Waals surface area contributed by atoms with E-state index < -0.39 is 12.6 Å². The Kier molecular flexibility index (Phi) is 5.14. The Labute approximate surface area is 126 Å². The van der Waals surface area contributed by atoms with Crippen LogP contribution in [0.5, 0.6) is 0 Å². The third-order valence-corrected chi connectivity index (χ3v) is 6.90. The minimum atomic E-state index is -3.48. The van der Waals surface area contributed by atoms with Crippen molar-refractivity contribution in [2.75, 3.05) is 10.7 Å². The van der Waals surface area contributed by atoms with Crippen LogP contribution in [0.4, 0.5) is 11.4 Å². The fraction of sp³-hybridized carbons (Fsp3) is 0.143. The summed E-state index contributed by atoms with van der Waals surface area (Å²) in [5.41, 5.74) is 2.22. The molecule has 0 aromatic heterocycles. The molecule has 1 rings (SSSR count). The van der Waals surface area contributed by atoms with Gasteiger partial charge in [-0.3, -0.25) is 25.4 Å². The highest BCUT2D eigenvalue weighted by molar-refractivity contribution is 9.29. The van der Waals surface area contributed by atoms with E-state index in [1.54, 1.807) is 0 Å². The van der Waals surface area contributed by atoms with E-state index in [2.05, 4.69) is 37.3 Å². The van der Waals surface area contributed by atoms with Crippen LogP contribution in [0.2, 0.25) is 0 Å². The van der Waals surface area contributed by atoms with Gasteiger partial charge in [0.15, 0.2) is 0 Å². The Morgan fingerprint density at radius 2 is 1.89 bits per heavy atom. The second-order valence-electron chi connectivity index (χ2n) is 3.11. The van der Waals surface area contributed by atoms with Crippen molar-refractivity contribution >= 4 is 65.4 Å². The molecule has 0 heterocycles.